The number of aliphatic hydroxyl groups excluding tert-OH is 1. The van der Waals surface area contributed by atoms with Crippen molar-refractivity contribution in [3.8, 4) is 0 Å². The van der Waals surface area contributed by atoms with E-state index in [-0.39, 0.29) is 17.8 Å². The van der Waals surface area contributed by atoms with E-state index in [0.29, 0.717) is 0 Å². The molecule has 0 aliphatic carbocycles. The minimum absolute atomic E-state index is 0.0986. The van der Waals surface area contributed by atoms with Crippen molar-refractivity contribution in [1.29, 1.82) is 0 Å². The third-order valence-corrected chi connectivity index (χ3v) is 6.93. The minimum Gasteiger partial charge on any atom is -0.444 e. The van der Waals surface area contributed by atoms with Gasteiger partial charge in [0.25, 0.3) is 0 Å². The molecule has 2 unspecified atom stereocenters. The first kappa shape index (κ1) is 22.3. The molecule has 0 saturated heterocycles. The summed E-state index contributed by atoms with van der Waals surface area (Å²) in [6.07, 6.45) is -1.45. The number of rotatable bonds is 2. The van der Waals surface area contributed by atoms with Crippen molar-refractivity contribution in [2.75, 3.05) is 6.26 Å². The second-order valence-electron chi connectivity index (χ2n) is 8.44. The van der Waals surface area contributed by atoms with Gasteiger partial charge in [0.1, 0.15) is 27.5 Å². The lowest BCUT2D eigenvalue weighted by Gasteiger charge is -2.43. The number of sulfone groups is 1. The number of alkyl carbamates (subject to hydrolysis) is 1. The van der Waals surface area contributed by atoms with Crippen LogP contribution in [0.15, 0.2) is 29.3 Å². The van der Waals surface area contributed by atoms with Crippen LogP contribution < -0.4 is 5.32 Å². The van der Waals surface area contributed by atoms with Crippen molar-refractivity contribution >= 4 is 21.8 Å². The zero-order chi connectivity index (χ0) is 21.5. The van der Waals surface area contributed by atoms with E-state index in [1.807, 2.05) is 0 Å². The molecule has 0 fully saturated rings. The number of aliphatic imine (C=N–C) groups is 1. The summed E-state index contributed by atoms with van der Waals surface area (Å²) in [5.74, 6) is -0.785. The van der Waals surface area contributed by atoms with Gasteiger partial charge in [-0.3, -0.25) is 10.3 Å². The molecule has 0 spiro atoms. The molecular formula is C19H27FN2O5S. The summed E-state index contributed by atoms with van der Waals surface area (Å²) in [6, 6.07) is 5.79. The average Bonchev–Trinajstić information content (AvgIpc) is 2.50. The summed E-state index contributed by atoms with van der Waals surface area (Å²) in [5.41, 5.74) is -2.20. The number of hydrogen-bond acceptors (Lipinski definition) is 6. The van der Waals surface area contributed by atoms with Crippen molar-refractivity contribution < 1.29 is 27.4 Å². The molecule has 1 aliphatic heterocycles. The number of aliphatic hydroxyl groups is 1. The van der Waals surface area contributed by atoms with Crippen LogP contribution in [0.5, 0.6) is 0 Å². The summed E-state index contributed by atoms with van der Waals surface area (Å²) in [7, 11) is -3.79. The van der Waals surface area contributed by atoms with Crippen molar-refractivity contribution in [1.82, 2.24) is 5.32 Å². The van der Waals surface area contributed by atoms with Gasteiger partial charge in [0.15, 0.2) is 9.84 Å². The fourth-order valence-electron chi connectivity index (χ4n) is 3.09. The number of halogens is 1. The first-order valence-electron chi connectivity index (χ1n) is 8.83. The summed E-state index contributed by atoms with van der Waals surface area (Å²) < 4.78 is 42.9. The van der Waals surface area contributed by atoms with Crippen LogP contribution >= 0.6 is 0 Å². The van der Waals surface area contributed by atoms with Gasteiger partial charge in [0.2, 0.25) is 0 Å². The Labute approximate surface area is 164 Å². The Balaban J connectivity index is 2.61. The summed E-state index contributed by atoms with van der Waals surface area (Å²) in [4.78, 5) is 16.6. The number of amides is 1. The van der Waals surface area contributed by atoms with Crippen LogP contribution in [-0.2, 0) is 20.1 Å². The number of nitrogens with one attached hydrogen (secondary N) is 1. The van der Waals surface area contributed by atoms with Crippen LogP contribution in [0.4, 0.5) is 9.18 Å². The first-order chi connectivity index (χ1) is 12.6. The molecule has 0 radical (unpaired) electrons. The van der Waals surface area contributed by atoms with Crippen LogP contribution in [0.1, 0.15) is 46.6 Å². The van der Waals surface area contributed by atoms with Crippen LogP contribution in [0, 0.1) is 5.82 Å². The van der Waals surface area contributed by atoms with Gasteiger partial charge in [-0.1, -0.05) is 18.2 Å². The van der Waals surface area contributed by atoms with E-state index in [2.05, 4.69) is 10.3 Å². The number of nitrogens with zero attached hydrogens (tertiary/aromatic N) is 1. The second-order valence-corrected chi connectivity index (χ2v) is 10.9. The quantitative estimate of drug-likeness (QED) is 0.774. The summed E-state index contributed by atoms with van der Waals surface area (Å²) in [5, 5.41) is 13.2. The third kappa shape index (κ3) is 4.20. The third-order valence-electron chi connectivity index (χ3n) is 4.93. The largest absolute Gasteiger partial charge is 0.444 e. The van der Waals surface area contributed by atoms with E-state index in [4.69, 9.17) is 4.74 Å². The average molecular weight is 414 g/mol. The highest BCUT2D eigenvalue weighted by atomic mass is 32.2. The molecule has 7 nitrogen and oxygen atoms in total. The highest BCUT2D eigenvalue weighted by molar-refractivity contribution is 7.92. The number of ether oxygens (including phenoxy) is 1. The second kappa shape index (κ2) is 7.11. The zero-order valence-corrected chi connectivity index (χ0v) is 17.7. The van der Waals surface area contributed by atoms with Crippen molar-refractivity contribution in [3.05, 3.63) is 35.6 Å². The summed E-state index contributed by atoms with van der Waals surface area (Å²) in [6.45, 7) is 7.85. The van der Waals surface area contributed by atoms with Crippen LogP contribution in [-0.4, -0.2) is 48.2 Å². The molecule has 1 heterocycles. The molecule has 2 rings (SSSR count). The molecule has 3 atom stereocenters. The predicted octanol–water partition coefficient (Wildman–Crippen LogP) is 2.53. The number of amidine groups is 1. The van der Waals surface area contributed by atoms with Gasteiger partial charge in [-0.15, -0.1) is 0 Å². The Kier molecular flexibility index (Phi) is 5.66. The topological polar surface area (TPSA) is 105 Å². The Morgan fingerprint density at radius 1 is 1.32 bits per heavy atom. The molecule has 156 valence electrons. The molecule has 28 heavy (non-hydrogen) atoms. The fourth-order valence-corrected chi connectivity index (χ4v) is 4.00. The molecule has 1 aromatic carbocycles. The predicted molar refractivity (Wildman–Crippen MR) is 104 cm³/mol. The monoisotopic (exact) mass is 414 g/mol. The molecular weight excluding hydrogens is 387 g/mol. The Bertz CT molecular complexity index is 909. The molecule has 1 aliphatic rings. The van der Waals surface area contributed by atoms with E-state index >= 15 is 0 Å². The minimum atomic E-state index is -3.79. The highest BCUT2D eigenvalue weighted by Crippen LogP contribution is 2.41. The van der Waals surface area contributed by atoms with Crippen molar-refractivity contribution in [2.45, 2.75) is 63.0 Å². The molecule has 1 aromatic rings. The molecule has 1 amide bonds. The van der Waals surface area contributed by atoms with Crippen molar-refractivity contribution in [2.24, 2.45) is 4.99 Å². The van der Waals surface area contributed by atoms with Crippen LogP contribution in [0.25, 0.3) is 0 Å². The SMILES string of the molecule is CC(C)(C)OC(=O)NC1=N[C@](C)(c2ccccc2F)C(O)CC1(C)S(C)(=O)=O. The van der Waals surface area contributed by atoms with Gasteiger partial charge >= 0.3 is 6.09 Å². The van der Waals surface area contributed by atoms with Gasteiger partial charge in [-0.2, -0.15) is 0 Å². The molecule has 0 aromatic heterocycles. The van der Waals surface area contributed by atoms with Gasteiger partial charge < -0.3 is 9.84 Å². The number of carbonyl (C=O) groups is 1. The number of benzene rings is 1. The van der Waals surface area contributed by atoms with Crippen molar-refractivity contribution in [3.63, 3.8) is 0 Å². The van der Waals surface area contributed by atoms with Gasteiger partial charge in [-0.05, 0) is 40.7 Å². The maximum Gasteiger partial charge on any atom is 0.413 e. The number of hydrogen-bond donors (Lipinski definition) is 2. The lowest BCUT2D eigenvalue weighted by atomic mass is 9.79. The lowest BCUT2D eigenvalue weighted by molar-refractivity contribution is 0.0535. The van der Waals surface area contributed by atoms with E-state index in [0.717, 1.165) is 6.26 Å². The lowest BCUT2D eigenvalue weighted by Crippen LogP contribution is -2.60. The molecule has 0 bridgehead atoms. The Hall–Kier alpha value is -2.00. The van der Waals surface area contributed by atoms with E-state index in [1.165, 1.54) is 32.0 Å². The standard InChI is InChI=1S/C19H27FN2O5S/c1-17(2,3)27-16(24)21-15-18(4,28(6,25)26)11-14(23)19(5,22-15)12-9-7-8-10-13(12)20/h7-10,14,23H,11H2,1-6H3,(H,21,22,24)/t14?,18?,19-/m1/s1. The van der Waals surface area contributed by atoms with Gasteiger partial charge in [0.05, 0.1) is 6.10 Å². The first-order valence-corrected chi connectivity index (χ1v) is 10.7. The Morgan fingerprint density at radius 3 is 2.39 bits per heavy atom. The van der Waals surface area contributed by atoms with Gasteiger partial charge in [0, 0.05) is 18.2 Å². The summed E-state index contributed by atoms with van der Waals surface area (Å²) >= 11 is 0. The van der Waals surface area contributed by atoms with E-state index in [9.17, 15) is 22.7 Å². The van der Waals surface area contributed by atoms with E-state index < -0.39 is 43.7 Å². The van der Waals surface area contributed by atoms with Gasteiger partial charge in [-0.25, -0.2) is 17.6 Å². The molecule has 9 heteroatoms. The molecule has 2 N–H and O–H groups in total. The van der Waals surface area contributed by atoms with Crippen LogP contribution in [0.2, 0.25) is 0 Å². The number of carbonyl (C=O) groups excluding carboxylic acids is 1. The normalized spacial score (nSPS) is 28.4. The fraction of sp³-hybridized carbons (Fsp3) is 0.579. The maximum atomic E-state index is 14.4. The maximum absolute atomic E-state index is 14.4. The highest BCUT2D eigenvalue weighted by Gasteiger charge is 2.53. The zero-order valence-electron chi connectivity index (χ0n) is 16.9. The Morgan fingerprint density at radius 2 is 1.89 bits per heavy atom. The van der Waals surface area contributed by atoms with E-state index in [1.54, 1.807) is 26.8 Å². The molecule has 0 saturated carbocycles. The smallest absolute Gasteiger partial charge is 0.413 e. The van der Waals surface area contributed by atoms with Crippen LogP contribution in [0.3, 0.4) is 0 Å².